The van der Waals surface area contributed by atoms with Crippen LogP contribution in [-0.4, -0.2) is 30.9 Å². The van der Waals surface area contributed by atoms with Gasteiger partial charge in [-0.15, -0.1) is 0 Å². The summed E-state index contributed by atoms with van der Waals surface area (Å²) in [6, 6.07) is 5.70. The lowest BCUT2D eigenvalue weighted by Crippen LogP contribution is -2.25. The van der Waals surface area contributed by atoms with Crippen LogP contribution in [0.4, 0.5) is 0 Å². The van der Waals surface area contributed by atoms with Crippen LogP contribution in [0, 0.1) is 5.92 Å². The van der Waals surface area contributed by atoms with Gasteiger partial charge in [0, 0.05) is 24.2 Å². The lowest BCUT2D eigenvalue weighted by molar-refractivity contribution is 0.101. The first kappa shape index (κ1) is 14.1. The molecule has 2 rings (SSSR count). The van der Waals surface area contributed by atoms with Crippen LogP contribution >= 0.6 is 0 Å². The van der Waals surface area contributed by atoms with Gasteiger partial charge in [-0.05, 0) is 50.4 Å². The Morgan fingerprint density at radius 2 is 2.16 bits per heavy atom. The third-order valence-corrected chi connectivity index (χ3v) is 3.74. The third-order valence-electron chi connectivity index (χ3n) is 3.74. The van der Waals surface area contributed by atoms with E-state index in [0.717, 1.165) is 42.4 Å². The van der Waals surface area contributed by atoms with Gasteiger partial charge in [-0.25, -0.2) is 0 Å². The van der Waals surface area contributed by atoms with Gasteiger partial charge in [0.15, 0.2) is 5.78 Å². The van der Waals surface area contributed by atoms with Gasteiger partial charge in [-0.2, -0.15) is 0 Å². The maximum Gasteiger partial charge on any atom is 0.159 e. The highest BCUT2D eigenvalue weighted by molar-refractivity contribution is 5.94. The van der Waals surface area contributed by atoms with Crippen LogP contribution in [0.3, 0.4) is 0 Å². The molecule has 0 heterocycles. The molecule has 0 amide bonds. The molecule has 3 nitrogen and oxygen atoms in total. The van der Waals surface area contributed by atoms with Crippen LogP contribution in [0.15, 0.2) is 18.2 Å². The predicted octanol–water partition coefficient (Wildman–Crippen LogP) is 3.13. The number of carbonyl (C=O) groups excluding carboxylic acids is 1. The quantitative estimate of drug-likeness (QED) is 0.706. The molecule has 0 unspecified atom stereocenters. The van der Waals surface area contributed by atoms with Crippen molar-refractivity contribution in [1.82, 2.24) is 4.90 Å². The molecule has 1 aromatic carbocycles. The summed E-state index contributed by atoms with van der Waals surface area (Å²) < 4.78 is 5.41. The van der Waals surface area contributed by atoms with Gasteiger partial charge in [0.05, 0.1) is 7.11 Å². The van der Waals surface area contributed by atoms with Crippen molar-refractivity contribution in [3.8, 4) is 5.75 Å². The molecule has 1 aliphatic carbocycles. The fraction of sp³-hybridized carbons (Fsp3) is 0.562. The molecule has 3 heteroatoms. The van der Waals surface area contributed by atoms with E-state index in [9.17, 15) is 4.79 Å². The van der Waals surface area contributed by atoms with Gasteiger partial charge in [0.25, 0.3) is 0 Å². The molecule has 0 N–H and O–H groups in total. The topological polar surface area (TPSA) is 29.5 Å². The summed E-state index contributed by atoms with van der Waals surface area (Å²) >= 11 is 0. The van der Waals surface area contributed by atoms with Crippen LogP contribution in [0.1, 0.15) is 42.6 Å². The Hall–Kier alpha value is -1.35. The molecule has 19 heavy (non-hydrogen) atoms. The van der Waals surface area contributed by atoms with E-state index in [4.69, 9.17) is 4.74 Å². The van der Waals surface area contributed by atoms with Crippen molar-refractivity contribution in [3.63, 3.8) is 0 Å². The van der Waals surface area contributed by atoms with Crippen molar-refractivity contribution in [3.05, 3.63) is 29.3 Å². The molecule has 0 bridgehead atoms. The SMILES string of the molecule is CCN(Cc1cc(C(C)=O)ccc1OC)CC1CC1. The first-order valence-corrected chi connectivity index (χ1v) is 7.04. The Labute approximate surface area is 115 Å². The summed E-state index contributed by atoms with van der Waals surface area (Å²) in [5, 5.41) is 0. The lowest BCUT2D eigenvalue weighted by atomic mass is 10.1. The van der Waals surface area contributed by atoms with Crippen molar-refractivity contribution in [1.29, 1.82) is 0 Å². The lowest BCUT2D eigenvalue weighted by Gasteiger charge is -2.21. The number of ketones is 1. The second-order valence-corrected chi connectivity index (χ2v) is 5.35. The summed E-state index contributed by atoms with van der Waals surface area (Å²) in [5.74, 6) is 1.86. The highest BCUT2D eigenvalue weighted by Gasteiger charge is 2.24. The molecule has 0 atom stereocenters. The number of benzene rings is 1. The Morgan fingerprint density at radius 3 is 2.68 bits per heavy atom. The van der Waals surface area contributed by atoms with Gasteiger partial charge in [-0.1, -0.05) is 6.92 Å². The Morgan fingerprint density at radius 1 is 1.42 bits per heavy atom. The van der Waals surface area contributed by atoms with E-state index in [1.165, 1.54) is 12.8 Å². The molecule has 1 aliphatic rings. The van der Waals surface area contributed by atoms with E-state index in [1.54, 1.807) is 14.0 Å². The van der Waals surface area contributed by atoms with Crippen LogP contribution in [0.25, 0.3) is 0 Å². The van der Waals surface area contributed by atoms with E-state index in [1.807, 2.05) is 18.2 Å². The minimum Gasteiger partial charge on any atom is -0.496 e. The van der Waals surface area contributed by atoms with E-state index in [2.05, 4.69) is 11.8 Å². The number of hydrogen-bond acceptors (Lipinski definition) is 3. The Kier molecular flexibility index (Phi) is 4.59. The van der Waals surface area contributed by atoms with Crippen LogP contribution in [0.5, 0.6) is 5.75 Å². The van der Waals surface area contributed by atoms with Crippen molar-refractivity contribution in [2.45, 2.75) is 33.2 Å². The molecule has 1 saturated carbocycles. The molecule has 0 spiro atoms. The van der Waals surface area contributed by atoms with Crippen molar-refractivity contribution in [2.75, 3.05) is 20.2 Å². The molecule has 1 aromatic rings. The molecular formula is C16H23NO2. The number of nitrogens with zero attached hydrogens (tertiary/aromatic N) is 1. The number of rotatable bonds is 7. The second kappa shape index (κ2) is 6.20. The van der Waals surface area contributed by atoms with Gasteiger partial charge < -0.3 is 4.74 Å². The summed E-state index contributed by atoms with van der Waals surface area (Å²) in [6.45, 7) is 6.84. The fourth-order valence-electron chi connectivity index (χ4n) is 2.33. The maximum absolute atomic E-state index is 11.5. The molecule has 1 fully saturated rings. The Balaban J connectivity index is 2.14. The first-order chi connectivity index (χ1) is 9.13. The van der Waals surface area contributed by atoms with Crippen molar-refractivity contribution >= 4 is 5.78 Å². The fourth-order valence-corrected chi connectivity index (χ4v) is 2.33. The number of methoxy groups -OCH3 is 1. The maximum atomic E-state index is 11.5. The predicted molar refractivity (Wildman–Crippen MR) is 76.7 cm³/mol. The minimum atomic E-state index is 0.106. The molecule has 0 radical (unpaired) electrons. The van der Waals surface area contributed by atoms with E-state index >= 15 is 0 Å². The molecule has 0 saturated heterocycles. The summed E-state index contributed by atoms with van der Waals surface area (Å²) in [4.78, 5) is 13.9. The summed E-state index contributed by atoms with van der Waals surface area (Å²) in [5.41, 5.74) is 1.87. The second-order valence-electron chi connectivity index (χ2n) is 5.35. The van der Waals surface area contributed by atoms with E-state index in [0.29, 0.717) is 0 Å². The van der Waals surface area contributed by atoms with Gasteiger partial charge >= 0.3 is 0 Å². The van der Waals surface area contributed by atoms with Gasteiger partial charge in [0.2, 0.25) is 0 Å². The van der Waals surface area contributed by atoms with E-state index < -0.39 is 0 Å². The molecule has 0 aliphatic heterocycles. The van der Waals surface area contributed by atoms with Crippen molar-refractivity contribution < 1.29 is 9.53 Å². The average Bonchev–Trinajstić information content (AvgIpc) is 3.21. The molecular weight excluding hydrogens is 238 g/mol. The average molecular weight is 261 g/mol. The zero-order valence-electron chi connectivity index (χ0n) is 12.1. The highest BCUT2D eigenvalue weighted by atomic mass is 16.5. The van der Waals surface area contributed by atoms with Gasteiger partial charge in [0.1, 0.15) is 5.75 Å². The number of hydrogen-bond donors (Lipinski definition) is 0. The molecule has 0 aromatic heterocycles. The largest absolute Gasteiger partial charge is 0.496 e. The minimum absolute atomic E-state index is 0.106. The van der Waals surface area contributed by atoms with Crippen LogP contribution < -0.4 is 4.74 Å². The third kappa shape index (κ3) is 3.80. The van der Waals surface area contributed by atoms with Crippen LogP contribution in [0.2, 0.25) is 0 Å². The Bertz CT molecular complexity index is 452. The normalized spacial score (nSPS) is 14.7. The van der Waals surface area contributed by atoms with Crippen LogP contribution in [-0.2, 0) is 6.54 Å². The summed E-state index contributed by atoms with van der Waals surface area (Å²) in [7, 11) is 1.68. The standard InChI is InChI=1S/C16H23NO2/c1-4-17(10-13-5-6-13)11-15-9-14(12(2)18)7-8-16(15)19-3/h7-9,13H,4-6,10-11H2,1-3H3. The smallest absolute Gasteiger partial charge is 0.159 e. The van der Waals surface area contributed by atoms with E-state index in [-0.39, 0.29) is 5.78 Å². The zero-order valence-corrected chi connectivity index (χ0v) is 12.1. The zero-order chi connectivity index (χ0) is 13.8. The monoisotopic (exact) mass is 261 g/mol. The van der Waals surface area contributed by atoms with Crippen molar-refractivity contribution in [2.24, 2.45) is 5.92 Å². The van der Waals surface area contributed by atoms with Gasteiger partial charge in [-0.3, -0.25) is 9.69 Å². The first-order valence-electron chi connectivity index (χ1n) is 7.04. The summed E-state index contributed by atoms with van der Waals surface area (Å²) in [6.07, 6.45) is 2.72. The number of carbonyl (C=O) groups is 1. The number of ether oxygens (including phenoxy) is 1. The molecule has 104 valence electrons. The number of Topliss-reactive ketones (excluding diaryl/α,β-unsaturated/α-hetero) is 1. The highest BCUT2D eigenvalue weighted by Crippen LogP contribution is 2.31.